The molecule has 0 aliphatic heterocycles. The molecular weight excluding hydrogens is 424 g/mol. The van der Waals surface area contributed by atoms with Crippen molar-refractivity contribution in [2.45, 2.75) is 112 Å². The van der Waals surface area contributed by atoms with Crippen LogP contribution in [0.25, 0.3) is 0 Å². The minimum atomic E-state index is -0.711. The first-order valence-corrected chi connectivity index (χ1v) is 13.7. The van der Waals surface area contributed by atoms with Crippen molar-refractivity contribution in [3.63, 3.8) is 0 Å². The predicted molar refractivity (Wildman–Crippen MR) is 133 cm³/mol. The number of fused-ring (bicyclic) bond motifs is 7. The van der Waals surface area contributed by atoms with E-state index in [0.717, 1.165) is 51.4 Å². The zero-order chi connectivity index (χ0) is 25.1. The number of hydrogen-bond donors (Lipinski definition) is 2. The molecule has 0 saturated heterocycles. The van der Waals surface area contributed by atoms with Crippen LogP contribution in [-0.2, 0) is 9.59 Å². The summed E-state index contributed by atoms with van der Waals surface area (Å²) in [4.78, 5) is 26.4. The van der Waals surface area contributed by atoms with Gasteiger partial charge in [0.1, 0.15) is 0 Å². The van der Waals surface area contributed by atoms with Crippen LogP contribution in [0.3, 0.4) is 0 Å². The third-order valence-corrected chi connectivity index (χ3v) is 13.1. The smallest absolute Gasteiger partial charge is 0.309 e. The van der Waals surface area contributed by atoms with Crippen LogP contribution >= 0.6 is 0 Å². The third-order valence-electron chi connectivity index (χ3n) is 13.1. The van der Waals surface area contributed by atoms with E-state index in [1.165, 1.54) is 5.57 Å². The number of ketones is 1. The van der Waals surface area contributed by atoms with Crippen molar-refractivity contribution < 1.29 is 19.8 Å². The summed E-state index contributed by atoms with van der Waals surface area (Å²) in [6.45, 7) is 15.8. The standard InChI is InChI=1S/C30H46O4/c1-25(2)21-8-11-30(7)23(28(21,5)10-9-22(25)32)20(31)16-18-19-17-27(4,24(33)34)13-12-26(19,3)14-15-29(18,30)6/h16,19,21-23,32H,8-15,17H2,1-7H3,(H,33,34)/t19-,21+,22+,23-,26-,27+,28+,29-,30-/m0/s1. The van der Waals surface area contributed by atoms with Gasteiger partial charge in [-0.2, -0.15) is 0 Å². The van der Waals surface area contributed by atoms with Crippen molar-refractivity contribution in [3.8, 4) is 0 Å². The van der Waals surface area contributed by atoms with Gasteiger partial charge in [-0.3, -0.25) is 9.59 Å². The highest BCUT2D eigenvalue weighted by atomic mass is 16.4. The van der Waals surface area contributed by atoms with Crippen LogP contribution in [0.4, 0.5) is 0 Å². The molecule has 4 heteroatoms. The molecule has 5 rings (SSSR count). The SMILES string of the molecule is CC1(C)[C@H](O)CC[C@]2(C)[C@@H]1CC[C@@]1(C)[C@H]2C(=O)C=C2[C@@H]3C[C@](C)(C(=O)O)CC[C@@]3(C)CC[C@@]21C. The Morgan fingerprint density at radius 1 is 0.912 bits per heavy atom. The van der Waals surface area contributed by atoms with Gasteiger partial charge in [0.2, 0.25) is 0 Å². The van der Waals surface area contributed by atoms with Crippen molar-refractivity contribution in [1.29, 1.82) is 0 Å². The van der Waals surface area contributed by atoms with Crippen molar-refractivity contribution in [1.82, 2.24) is 0 Å². The van der Waals surface area contributed by atoms with Crippen LogP contribution in [0.2, 0.25) is 0 Å². The van der Waals surface area contributed by atoms with Crippen molar-refractivity contribution >= 4 is 11.8 Å². The van der Waals surface area contributed by atoms with Gasteiger partial charge in [-0.05, 0) is 110 Å². The molecule has 0 bridgehead atoms. The number of carboxylic acids is 1. The minimum Gasteiger partial charge on any atom is -0.481 e. The fourth-order valence-electron chi connectivity index (χ4n) is 10.4. The number of rotatable bonds is 1. The van der Waals surface area contributed by atoms with Gasteiger partial charge < -0.3 is 10.2 Å². The van der Waals surface area contributed by atoms with E-state index in [4.69, 9.17) is 0 Å². The molecule has 0 unspecified atom stereocenters. The maximum absolute atomic E-state index is 14.2. The fraction of sp³-hybridized carbons (Fsp3) is 0.867. The Labute approximate surface area is 206 Å². The van der Waals surface area contributed by atoms with Crippen molar-refractivity contribution in [2.75, 3.05) is 0 Å². The van der Waals surface area contributed by atoms with Crippen LogP contribution in [0.1, 0.15) is 106 Å². The number of aliphatic hydroxyl groups is 1. The summed E-state index contributed by atoms with van der Waals surface area (Å²) in [6.07, 6.45) is 9.95. The van der Waals surface area contributed by atoms with E-state index >= 15 is 0 Å². The highest BCUT2D eigenvalue weighted by Gasteiger charge is 2.70. The summed E-state index contributed by atoms with van der Waals surface area (Å²) in [5.41, 5.74) is 0.142. The summed E-state index contributed by atoms with van der Waals surface area (Å²) < 4.78 is 0. The second-order valence-corrected chi connectivity index (χ2v) is 14.9. The van der Waals surface area contributed by atoms with E-state index in [0.29, 0.717) is 12.3 Å². The topological polar surface area (TPSA) is 74.6 Å². The molecule has 2 N–H and O–H groups in total. The Kier molecular flexibility index (Phi) is 5.04. The number of aliphatic hydroxyl groups excluding tert-OH is 1. The van der Waals surface area contributed by atoms with Crippen LogP contribution in [0, 0.1) is 50.2 Å². The van der Waals surface area contributed by atoms with Crippen molar-refractivity contribution in [2.24, 2.45) is 50.2 Å². The lowest BCUT2D eigenvalue weighted by molar-refractivity contribution is -0.202. The first-order chi connectivity index (χ1) is 15.6. The highest BCUT2D eigenvalue weighted by molar-refractivity contribution is 5.95. The molecule has 5 aliphatic carbocycles. The minimum absolute atomic E-state index is 0.0296. The number of carbonyl (C=O) groups excluding carboxylic acids is 1. The molecule has 0 radical (unpaired) electrons. The van der Waals surface area contributed by atoms with E-state index < -0.39 is 11.4 Å². The van der Waals surface area contributed by atoms with Crippen LogP contribution in [-0.4, -0.2) is 28.1 Å². The molecule has 4 nitrogen and oxygen atoms in total. The summed E-state index contributed by atoms with van der Waals surface area (Å²) in [6, 6.07) is 0. The normalized spacial score (nSPS) is 54.1. The number of aliphatic carboxylic acids is 1. The quantitative estimate of drug-likeness (QED) is 0.464. The van der Waals surface area contributed by atoms with Crippen LogP contribution in [0.5, 0.6) is 0 Å². The van der Waals surface area contributed by atoms with E-state index in [1.807, 2.05) is 13.0 Å². The van der Waals surface area contributed by atoms with Crippen LogP contribution < -0.4 is 0 Å². The Hall–Kier alpha value is -1.16. The number of allylic oxidation sites excluding steroid dienone is 2. The second-order valence-electron chi connectivity index (χ2n) is 14.9. The zero-order valence-electron chi connectivity index (χ0n) is 22.5. The Morgan fingerprint density at radius 2 is 1.56 bits per heavy atom. The molecule has 190 valence electrons. The van der Waals surface area contributed by atoms with E-state index in [9.17, 15) is 19.8 Å². The lowest BCUT2D eigenvalue weighted by Gasteiger charge is -2.70. The summed E-state index contributed by atoms with van der Waals surface area (Å²) in [7, 11) is 0. The van der Waals surface area contributed by atoms with Gasteiger partial charge in [-0.15, -0.1) is 0 Å². The van der Waals surface area contributed by atoms with Gasteiger partial charge in [0.25, 0.3) is 0 Å². The first-order valence-electron chi connectivity index (χ1n) is 13.7. The maximum Gasteiger partial charge on any atom is 0.309 e. The predicted octanol–water partition coefficient (Wildman–Crippen LogP) is 6.41. The van der Waals surface area contributed by atoms with Gasteiger partial charge in [0.15, 0.2) is 5.78 Å². The second kappa shape index (κ2) is 6.99. The van der Waals surface area contributed by atoms with Gasteiger partial charge in [0, 0.05) is 5.92 Å². The molecular formula is C30H46O4. The lowest BCUT2D eigenvalue weighted by Crippen LogP contribution is -2.66. The third kappa shape index (κ3) is 2.81. The fourth-order valence-corrected chi connectivity index (χ4v) is 10.4. The average molecular weight is 471 g/mol. The molecule has 4 saturated carbocycles. The number of carbonyl (C=O) groups is 2. The Balaban J connectivity index is 1.62. The Bertz CT molecular complexity index is 965. The van der Waals surface area contributed by atoms with Gasteiger partial charge >= 0.3 is 5.97 Å². The summed E-state index contributed by atoms with van der Waals surface area (Å²) in [5, 5.41) is 20.9. The summed E-state index contributed by atoms with van der Waals surface area (Å²) in [5.74, 6) is 0.0603. The van der Waals surface area contributed by atoms with E-state index in [2.05, 4.69) is 41.5 Å². The van der Waals surface area contributed by atoms with Crippen LogP contribution in [0.15, 0.2) is 11.6 Å². The van der Waals surface area contributed by atoms with E-state index in [1.54, 1.807) is 0 Å². The molecule has 0 aromatic rings. The van der Waals surface area contributed by atoms with Gasteiger partial charge in [-0.1, -0.05) is 47.1 Å². The molecule has 0 aromatic carbocycles. The molecule has 4 fully saturated rings. The zero-order valence-corrected chi connectivity index (χ0v) is 22.5. The number of carboxylic acid groups (broad SMARTS) is 1. The molecule has 34 heavy (non-hydrogen) atoms. The molecule has 5 aliphatic rings. The maximum atomic E-state index is 14.2. The largest absolute Gasteiger partial charge is 0.481 e. The molecule has 0 aromatic heterocycles. The lowest BCUT2D eigenvalue weighted by atomic mass is 9.33. The van der Waals surface area contributed by atoms with Crippen molar-refractivity contribution in [3.05, 3.63) is 11.6 Å². The Morgan fingerprint density at radius 3 is 2.21 bits per heavy atom. The average Bonchev–Trinajstić information content (AvgIpc) is 2.73. The highest BCUT2D eigenvalue weighted by Crippen LogP contribution is 2.75. The van der Waals surface area contributed by atoms with E-state index in [-0.39, 0.29) is 50.8 Å². The molecule has 0 amide bonds. The summed E-state index contributed by atoms with van der Waals surface area (Å²) >= 11 is 0. The molecule has 0 heterocycles. The molecule has 0 spiro atoms. The first kappa shape index (κ1) is 24.5. The van der Waals surface area contributed by atoms with Gasteiger partial charge in [-0.25, -0.2) is 0 Å². The number of hydrogen-bond acceptors (Lipinski definition) is 3. The molecule has 9 atom stereocenters. The monoisotopic (exact) mass is 470 g/mol. The van der Waals surface area contributed by atoms with Gasteiger partial charge in [0.05, 0.1) is 11.5 Å².